The Bertz CT molecular complexity index is 788. The van der Waals surface area contributed by atoms with E-state index in [1.54, 1.807) is 13.8 Å². The lowest BCUT2D eigenvalue weighted by atomic mass is 10.0. The third-order valence-electron chi connectivity index (χ3n) is 3.39. The van der Waals surface area contributed by atoms with Crippen LogP contribution in [0, 0.1) is 5.82 Å². The van der Waals surface area contributed by atoms with E-state index in [2.05, 4.69) is 4.98 Å². The van der Waals surface area contributed by atoms with Gasteiger partial charge >= 0.3 is 11.9 Å². The molecule has 0 saturated heterocycles. The van der Waals surface area contributed by atoms with Gasteiger partial charge in [0.15, 0.2) is 5.82 Å². The number of aryl methyl sites for hydroxylation is 1. The van der Waals surface area contributed by atoms with Crippen LogP contribution in [0.25, 0.3) is 10.9 Å². The fourth-order valence-electron chi connectivity index (χ4n) is 2.41. The molecule has 130 valence electrons. The molecule has 1 heterocycles. The molecular formula is C16H16Cl2FNO4. The number of aromatic nitrogens is 1. The minimum atomic E-state index is -0.780. The molecule has 0 aliphatic rings. The van der Waals surface area contributed by atoms with Crippen molar-refractivity contribution in [2.24, 2.45) is 0 Å². The van der Waals surface area contributed by atoms with Crippen LogP contribution < -0.4 is 0 Å². The number of ether oxygens (including phenoxy) is 2. The maximum atomic E-state index is 14.0. The quantitative estimate of drug-likeness (QED) is 0.603. The van der Waals surface area contributed by atoms with E-state index in [1.807, 2.05) is 0 Å². The van der Waals surface area contributed by atoms with Crippen molar-refractivity contribution in [3.8, 4) is 0 Å². The molecule has 0 radical (unpaired) electrons. The first kappa shape index (κ1) is 18.5. The fourth-order valence-corrected chi connectivity index (χ4v) is 2.98. The van der Waals surface area contributed by atoms with Crippen LogP contribution in [-0.2, 0) is 20.7 Å². The standard InChI is InChI=1S/C16H16Cl2FNO4/c1-3-23-11(21)6-5-8-12-10(7-9(17)14(19)13(12)18)20-15(8)16(22)24-4-2/h7,20H,3-6H2,1-2H3. The van der Waals surface area contributed by atoms with Crippen LogP contribution in [0.2, 0.25) is 10.0 Å². The minimum absolute atomic E-state index is 0.0216. The van der Waals surface area contributed by atoms with E-state index >= 15 is 0 Å². The Hall–Kier alpha value is -1.79. The summed E-state index contributed by atoms with van der Waals surface area (Å²) in [6.45, 7) is 3.79. The molecule has 0 aliphatic carbocycles. The Morgan fingerprint density at radius 1 is 1.21 bits per heavy atom. The van der Waals surface area contributed by atoms with Crippen LogP contribution in [0.4, 0.5) is 4.39 Å². The van der Waals surface area contributed by atoms with Gasteiger partial charge in [0.05, 0.1) is 23.3 Å². The van der Waals surface area contributed by atoms with E-state index in [0.29, 0.717) is 16.5 Å². The second-order valence-electron chi connectivity index (χ2n) is 4.91. The number of aromatic amines is 1. The Morgan fingerprint density at radius 2 is 1.88 bits per heavy atom. The van der Waals surface area contributed by atoms with Gasteiger partial charge in [0.2, 0.25) is 0 Å². The zero-order chi connectivity index (χ0) is 17.9. The van der Waals surface area contributed by atoms with Crippen molar-refractivity contribution < 1.29 is 23.5 Å². The fraction of sp³-hybridized carbons (Fsp3) is 0.375. The molecule has 1 N–H and O–H groups in total. The average molecular weight is 376 g/mol. The Kier molecular flexibility index (Phi) is 6.07. The molecule has 0 fully saturated rings. The number of nitrogens with one attached hydrogen (secondary N) is 1. The van der Waals surface area contributed by atoms with Crippen LogP contribution in [0.5, 0.6) is 0 Å². The van der Waals surface area contributed by atoms with E-state index in [-0.39, 0.29) is 41.8 Å². The van der Waals surface area contributed by atoms with Gasteiger partial charge in [-0.1, -0.05) is 23.2 Å². The molecule has 8 heteroatoms. The second-order valence-corrected chi connectivity index (χ2v) is 5.70. The number of carbonyl (C=O) groups excluding carboxylic acids is 2. The van der Waals surface area contributed by atoms with Crippen molar-refractivity contribution in [1.82, 2.24) is 4.98 Å². The summed E-state index contributed by atoms with van der Waals surface area (Å²) >= 11 is 11.9. The molecule has 0 spiro atoms. The number of H-pyrrole nitrogens is 1. The summed E-state index contributed by atoms with van der Waals surface area (Å²) in [4.78, 5) is 26.6. The van der Waals surface area contributed by atoms with E-state index in [1.165, 1.54) is 6.07 Å². The van der Waals surface area contributed by atoms with Gasteiger partial charge in [0.25, 0.3) is 0 Å². The second kappa shape index (κ2) is 7.85. The highest BCUT2D eigenvalue weighted by molar-refractivity contribution is 6.39. The summed E-state index contributed by atoms with van der Waals surface area (Å²) < 4.78 is 23.9. The van der Waals surface area contributed by atoms with E-state index < -0.39 is 17.8 Å². The lowest BCUT2D eigenvalue weighted by molar-refractivity contribution is -0.143. The summed E-state index contributed by atoms with van der Waals surface area (Å²) in [7, 11) is 0. The summed E-state index contributed by atoms with van der Waals surface area (Å²) in [5.74, 6) is -1.81. The number of rotatable bonds is 6. The highest BCUT2D eigenvalue weighted by atomic mass is 35.5. The third kappa shape index (κ3) is 3.65. The van der Waals surface area contributed by atoms with Gasteiger partial charge in [-0.3, -0.25) is 4.79 Å². The first-order chi connectivity index (χ1) is 11.4. The lowest BCUT2D eigenvalue weighted by Gasteiger charge is -2.06. The molecule has 2 rings (SSSR count). The predicted octanol–water partition coefficient (Wildman–Crippen LogP) is 4.29. The monoisotopic (exact) mass is 375 g/mol. The summed E-state index contributed by atoms with van der Waals surface area (Å²) in [6.07, 6.45) is 0.168. The first-order valence-electron chi connectivity index (χ1n) is 7.41. The SMILES string of the molecule is CCOC(=O)CCc1c(C(=O)OCC)[nH]c2cc(Cl)c(F)c(Cl)c12. The molecule has 1 aromatic heterocycles. The normalized spacial score (nSPS) is 10.9. The molecule has 0 bridgehead atoms. The Balaban J connectivity index is 2.54. The molecule has 0 aliphatic heterocycles. The van der Waals surface area contributed by atoms with Crippen LogP contribution in [0.3, 0.4) is 0 Å². The van der Waals surface area contributed by atoms with Crippen molar-refractivity contribution in [2.45, 2.75) is 26.7 Å². The maximum absolute atomic E-state index is 14.0. The number of benzene rings is 1. The van der Waals surface area contributed by atoms with E-state index in [9.17, 15) is 14.0 Å². The van der Waals surface area contributed by atoms with Crippen LogP contribution >= 0.6 is 23.2 Å². The maximum Gasteiger partial charge on any atom is 0.355 e. The number of carbonyl (C=O) groups is 2. The van der Waals surface area contributed by atoms with Gasteiger partial charge in [0.1, 0.15) is 5.69 Å². The number of halogens is 3. The topological polar surface area (TPSA) is 68.4 Å². The molecule has 0 saturated carbocycles. The molecule has 0 atom stereocenters. The van der Waals surface area contributed by atoms with Crippen LogP contribution in [0.1, 0.15) is 36.3 Å². The van der Waals surface area contributed by atoms with Crippen molar-refractivity contribution in [2.75, 3.05) is 13.2 Å². The minimum Gasteiger partial charge on any atom is -0.466 e. The Morgan fingerprint density at radius 3 is 2.50 bits per heavy atom. The molecule has 24 heavy (non-hydrogen) atoms. The average Bonchev–Trinajstić information content (AvgIpc) is 2.90. The Labute approximate surface area is 148 Å². The highest BCUT2D eigenvalue weighted by Gasteiger charge is 2.24. The van der Waals surface area contributed by atoms with Gasteiger partial charge in [-0.15, -0.1) is 0 Å². The third-order valence-corrected chi connectivity index (χ3v) is 4.02. The smallest absolute Gasteiger partial charge is 0.355 e. The summed E-state index contributed by atoms with van der Waals surface area (Å²) in [5, 5.41) is -0.0600. The molecule has 1 aromatic carbocycles. The van der Waals surface area contributed by atoms with Gasteiger partial charge in [-0.25, -0.2) is 9.18 Å². The van der Waals surface area contributed by atoms with Crippen molar-refractivity contribution in [1.29, 1.82) is 0 Å². The molecular weight excluding hydrogens is 360 g/mol. The largest absolute Gasteiger partial charge is 0.466 e. The molecule has 5 nitrogen and oxygen atoms in total. The van der Waals surface area contributed by atoms with Gasteiger partial charge in [-0.2, -0.15) is 0 Å². The number of hydrogen-bond acceptors (Lipinski definition) is 4. The number of fused-ring (bicyclic) bond motifs is 1. The molecule has 0 unspecified atom stereocenters. The number of hydrogen-bond donors (Lipinski definition) is 1. The summed E-state index contributed by atoms with van der Waals surface area (Å²) in [5.41, 5.74) is 0.921. The van der Waals surface area contributed by atoms with E-state index in [4.69, 9.17) is 32.7 Å². The van der Waals surface area contributed by atoms with Crippen LogP contribution in [-0.4, -0.2) is 30.1 Å². The van der Waals surface area contributed by atoms with Crippen molar-refractivity contribution in [3.63, 3.8) is 0 Å². The highest BCUT2D eigenvalue weighted by Crippen LogP contribution is 2.36. The van der Waals surface area contributed by atoms with Gasteiger partial charge < -0.3 is 14.5 Å². The van der Waals surface area contributed by atoms with Crippen molar-refractivity contribution in [3.05, 3.63) is 33.2 Å². The van der Waals surface area contributed by atoms with Crippen molar-refractivity contribution >= 4 is 46.0 Å². The number of esters is 2. The van der Waals surface area contributed by atoms with Crippen LogP contribution in [0.15, 0.2) is 6.07 Å². The van der Waals surface area contributed by atoms with E-state index in [0.717, 1.165) is 0 Å². The zero-order valence-electron chi connectivity index (χ0n) is 13.2. The van der Waals surface area contributed by atoms with Gasteiger partial charge in [-0.05, 0) is 31.9 Å². The zero-order valence-corrected chi connectivity index (χ0v) is 14.7. The van der Waals surface area contributed by atoms with Gasteiger partial charge in [0, 0.05) is 17.3 Å². The lowest BCUT2D eigenvalue weighted by Crippen LogP contribution is -2.10. The first-order valence-corrected chi connectivity index (χ1v) is 8.17. The predicted molar refractivity (Wildman–Crippen MR) is 89.2 cm³/mol. The molecule has 0 amide bonds. The summed E-state index contributed by atoms with van der Waals surface area (Å²) in [6, 6.07) is 1.34. The molecule has 2 aromatic rings.